The van der Waals surface area contributed by atoms with Crippen LogP contribution in [0.5, 0.6) is 5.75 Å². The zero-order valence-corrected chi connectivity index (χ0v) is 13.9. The van der Waals surface area contributed by atoms with Crippen LogP contribution in [0, 0.1) is 0 Å². The van der Waals surface area contributed by atoms with E-state index < -0.39 is 17.4 Å². The topological polar surface area (TPSA) is 87.7 Å². The molecule has 0 aliphatic heterocycles. The summed E-state index contributed by atoms with van der Waals surface area (Å²) in [5.41, 5.74) is 1.14. The van der Waals surface area contributed by atoms with Gasteiger partial charge in [0.05, 0.1) is 19.3 Å². The molecule has 1 aliphatic rings. The number of fused-ring (bicyclic) bond motifs is 1. The molecule has 2 aromatic rings. The molecule has 0 unspecified atom stereocenters. The van der Waals surface area contributed by atoms with E-state index in [1.165, 1.54) is 7.11 Å². The predicted molar refractivity (Wildman–Crippen MR) is 93.3 cm³/mol. The normalized spacial score (nSPS) is 18.3. The lowest BCUT2D eigenvalue weighted by Gasteiger charge is -2.24. The van der Waals surface area contributed by atoms with Crippen molar-refractivity contribution in [2.75, 3.05) is 19.0 Å². The van der Waals surface area contributed by atoms with Crippen molar-refractivity contribution in [3.05, 3.63) is 59.7 Å². The van der Waals surface area contributed by atoms with E-state index in [1.54, 1.807) is 24.3 Å². The molecule has 0 aromatic heterocycles. The molecule has 6 heteroatoms. The SMILES string of the molecule is COc1ccccc1NC(=O)C(=O)NC[C@@]1(O)CCc2ccccc21. The fourth-order valence-corrected chi connectivity index (χ4v) is 3.09. The molecular formula is C19H20N2O4. The summed E-state index contributed by atoms with van der Waals surface area (Å²) in [4.78, 5) is 24.2. The number of aryl methyl sites for hydroxylation is 1. The van der Waals surface area contributed by atoms with Crippen LogP contribution >= 0.6 is 0 Å². The number of aliphatic hydroxyl groups is 1. The summed E-state index contributed by atoms with van der Waals surface area (Å²) in [6.45, 7) is -0.0117. The highest BCUT2D eigenvalue weighted by atomic mass is 16.5. The lowest BCUT2D eigenvalue weighted by molar-refractivity contribution is -0.136. The van der Waals surface area contributed by atoms with Crippen molar-refractivity contribution < 1.29 is 19.4 Å². The number of hydrogen-bond acceptors (Lipinski definition) is 4. The Balaban J connectivity index is 1.62. The van der Waals surface area contributed by atoms with Crippen LogP contribution in [-0.4, -0.2) is 30.6 Å². The summed E-state index contributed by atoms with van der Waals surface area (Å²) in [5, 5.41) is 15.8. The molecule has 0 bridgehead atoms. The average Bonchev–Trinajstić information content (AvgIpc) is 2.98. The van der Waals surface area contributed by atoms with E-state index in [0.29, 0.717) is 17.9 Å². The van der Waals surface area contributed by atoms with Crippen molar-refractivity contribution in [3.63, 3.8) is 0 Å². The molecule has 3 rings (SSSR count). The van der Waals surface area contributed by atoms with Crippen LogP contribution in [-0.2, 0) is 21.6 Å². The number of benzene rings is 2. The minimum absolute atomic E-state index is 0.0117. The quantitative estimate of drug-likeness (QED) is 0.738. The average molecular weight is 340 g/mol. The van der Waals surface area contributed by atoms with Crippen LogP contribution in [0.25, 0.3) is 0 Å². The van der Waals surface area contributed by atoms with Gasteiger partial charge in [-0.05, 0) is 36.1 Å². The van der Waals surface area contributed by atoms with Crippen LogP contribution in [0.4, 0.5) is 5.69 Å². The van der Waals surface area contributed by atoms with Gasteiger partial charge in [-0.2, -0.15) is 0 Å². The predicted octanol–water partition coefficient (Wildman–Crippen LogP) is 1.58. The van der Waals surface area contributed by atoms with Gasteiger partial charge in [0.15, 0.2) is 0 Å². The van der Waals surface area contributed by atoms with Gasteiger partial charge in [-0.15, -0.1) is 0 Å². The minimum atomic E-state index is -1.14. The summed E-state index contributed by atoms with van der Waals surface area (Å²) in [5.74, 6) is -1.14. The molecule has 2 amide bonds. The Kier molecular flexibility index (Phi) is 4.72. The second-order valence-electron chi connectivity index (χ2n) is 6.03. The Bertz CT molecular complexity index is 806. The summed E-state index contributed by atoms with van der Waals surface area (Å²) in [6.07, 6.45) is 1.26. The Morgan fingerprint density at radius 2 is 1.84 bits per heavy atom. The summed E-state index contributed by atoms with van der Waals surface area (Å²) < 4.78 is 5.14. The third kappa shape index (κ3) is 3.49. The number of nitrogens with one attached hydrogen (secondary N) is 2. The molecule has 1 aliphatic carbocycles. The highest BCUT2D eigenvalue weighted by molar-refractivity contribution is 6.39. The van der Waals surface area contributed by atoms with Crippen molar-refractivity contribution in [2.45, 2.75) is 18.4 Å². The molecule has 0 radical (unpaired) electrons. The summed E-state index contributed by atoms with van der Waals surface area (Å²) in [6, 6.07) is 14.4. The lowest BCUT2D eigenvalue weighted by atomic mass is 9.96. The van der Waals surface area contributed by atoms with Crippen molar-refractivity contribution in [1.82, 2.24) is 5.32 Å². The van der Waals surface area contributed by atoms with Crippen LogP contribution in [0.15, 0.2) is 48.5 Å². The number of amides is 2. The van der Waals surface area contributed by atoms with E-state index in [1.807, 2.05) is 24.3 Å². The van der Waals surface area contributed by atoms with Crippen LogP contribution in [0.3, 0.4) is 0 Å². The monoisotopic (exact) mass is 340 g/mol. The molecule has 1 atom stereocenters. The zero-order valence-electron chi connectivity index (χ0n) is 13.9. The second kappa shape index (κ2) is 6.94. The summed E-state index contributed by atoms with van der Waals surface area (Å²) >= 11 is 0. The number of para-hydroxylation sites is 2. The standard InChI is InChI=1S/C19H20N2O4/c1-25-16-9-5-4-8-15(16)21-18(23)17(22)20-12-19(24)11-10-13-6-2-3-7-14(13)19/h2-9,24H,10-12H2,1H3,(H,20,22)(H,21,23)/t19-/m0/s1. The fourth-order valence-electron chi connectivity index (χ4n) is 3.09. The fraction of sp³-hybridized carbons (Fsp3) is 0.263. The van der Waals surface area contributed by atoms with Gasteiger partial charge in [0.1, 0.15) is 11.4 Å². The maximum Gasteiger partial charge on any atom is 0.313 e. The number of carbonyl (C=O) groups excluding carboxylic acids is 2. The van der Waals surface area contributed by atoms with E-state index in [0.717, 1.165) is 17.5 Å². The van der Waals surface area contributed by atoms with Gasteiger partial charge in [0.25, 0.3) is 0 Å². The molecule has 0 saturated carbocycles. The van der Waals surface area contributed by atoms with Crippen molar-refractivity contribution in [3.8, 4) is 5.75 Å². The lowest BCUT2D eigenvalue weighted by Crippen LogP contribution is -2.43. The number of anilines is 1. The van der Waals surface area contributed by atoms with Gasteiger partial charge in [-0.25, -0.2) is 0 Å². The number of hydrogen-bond donors (Lipinski definition) is 3. The van der Waals surface area contributed by atoms with E-state index in [9.17, 15) is 14.7 Å². The molecule has 130 valence electrons. The number of rotatable bonds is 4. The Labute approximate surface area is 145 Å². The third-order valence-corrected chi connectivity index (χ3v) is 4.43. The number of carbonyl (C=O) groups is 2. The van der Waals surface area contributed by atoms with E-state index in [-0.39, 0.29) is 6.54 Å². The Morgan fingerprint density at radius 1 is 1.12 bits per heavy atom. The Morgan fingerprint density at radius 3 is 2.64 bits per heavy atom. The molecule has 0 fully saturated rings. The third-order valence-electron chi connectivity index (χ3n) is 4.43. The Hall–Kier alpha value is -2.86. The molecule has 2 aromatic carbocycles. The molecule has 6 nitrogen and oxygen atoms in total. The van der Waals surface area contributed by atoms with Crippen molar-refractivity contribution in [2.24, 2.45) is 0 Å². The van der Waals surface area contributed by atoms with Gasteiger partial charge < -0.3 is 20.5 Å². The van der Waals surface area contributed by atoms with Crippen LogP contribution < -0.4 is 15.4 Å². The first kappa shape index (κ1) is 17.0. The van der Waals surface area contributed by atoms with Crippen LogP contribution in [0.1, 0.15) is 17.5 Å². The maximum absolute atomic E-state index is 12.1. The zero-order chi connectivity index (χ0) is 17.9. The number of ether oxygens (including phenoxy) is 1. The highest BCUT2D eigenvalue weighted by Crippen LogP contribution is 2.36. The van der Waals surface area contributed by atoms with Gasteiger partial charge >= 0.3 is 11.8 Å². The van der Waals surface area contributed by atoms with Gasteiger partial charge in [0, 0.05) is 0 Å². The van der Waals surface area contributed by atoms with E-state index >= 15 is 0 Å². The number of methoxy groups -OCH3 is 1. The highest BCUT2D eigenvalue weighted by Gasteiger charge is 2.37. The molecular weight excluding hydrogens is 320 g/mol. The molecule has 25 heavy (non-hydrogen) atoms. The van der Waals surface area contributed by atoms with Gasteiger partial charge in [-0.1, -0.05) is 36.4 Å². The minimum Gasteiger partial charge on any atom is -0.495 e. The van der Waals surface area contributed by atoms with Crippen molar-refractivity contribution in [1.29, 1.82) is 0 Å². The van der Waals surface area contributed by atoms with Crippen molar-refractivity contribution >= 4 is 17.5 Å². The van der Waals surface area contributed by atoms with E-state index in [4.69, 9.17) is 4.74 Å². The van der Waals surface area contributed by atoms with Gasteiger partial charge in [0.2, 0.25) is 0 Å². The van der Waals surface area contributed by atoms with Crippen LogP contribution in [0.2, 0.25) is 0 Å². The molecule has 0 heterocycles. The second-order valence-corrected chi connectivity index (χ2v) is 6.03. The largest absolute Gasteiger partial charge is 0.495 e. The van der Waals surface area contributed by atoms with Gasteiger partial charge in [-0.3, -0.25) is 9.59 Å². The van der Waals surface area contributed by atoms with E-state index in [2.05, 4.69) is 10.6 Å². The molecule has 0 spiro atoms. The summed E-state index contributed by atoms with van der Waals surface area (Å²) in [7, 11) is 1.48. The first-order chi connectivity index (χ1) is 12.0. The smallest absolute Gasteiger partial charge is 0.313 e. The molecule has 0 saturated heterocycles. The molecule has 3 N–H and O–H groups in total. The first-order valence-corrected chi connectivity index (χ1v) is 8.06. The maximum atomic E-state index is 12.1. The first-order valence-electron chi connectivity index (χ1n) is 8.06.